The molecule has 1 aliphatic heterocycles. The van der Waals surface area contributed by atoms with Gasteiger partial charge in [0.15, 0.2) is 0 Å². The predicted octanol–water partition coefficient (Wildman–Crippen LogP) is 1.90. The average Bonchev–Trinajstić information content (AvgIpc) is 3.01. The highest BCUT2D eigenvalue weighted by Gasteiger charge is 2.25. The lowest BCUT2D eigenvalue weighted by atomic mass is 10.2. The molecule has 0 aromatic carbocycles. The van der Waals surface area contributed by atoms with Crippen molar-refractivity contribution in [2.24, 2.45) is 5.92 Å². The first-order chi connectivity index (χ1) is 9.70. The molecule has 1 saturated heterocycles. The molecule has 1 aliphatic rings. The van der Waals surface area contributed by atoms with Gasteiger partial charge in [-0.05, 0) is 38.3 Å². The standard InChI is InChI=1S/C15H29N5/c1-4-7-16-9-14-6-5-8-19(14)11-15-17-12-18-20(15)10-13(2)3/h12-14,16H,4-11H2,1-3H3. The Morgan fingerprint density at radius 2 is 2.30 bits per heavy atom. The number of nitrogens with zero attached hydrogens (tertiary/aromatic N) is 4. The van der Waals surface area contributed by atoms with Crippen LogP contribution in [0.1, 0.15) is 45.9 Å². The van der Waals surface area contributed by atoms with E-state index in [9.17, 15) is 0 Å². The molecule has 5 heteroatoms. The highest BCUT2D eigenvalue weighted by molar-refractivity contribution is 4.90. The Kier molecular flexibility index (Phi) is 5.98. The highest BCUT2D eigenvalue weighted by Crippen LogP contribution is 2.19. The minimum Gasteiger partial charge on any atom is -0.315 e. The zero-order valence-corrected chi connectivity index (χ0v) is 13.2. The lowest BCUT2D eigenvalue weighted by molar-refractivity contribution is 0.228. The van der Waals surface area contributed by atoms with E-state index >= 15 is 0 Å². The van der Waals surface area contributed by atoms with Gasteiger partial charge in [0.1, 0.15) is 12.2 Å². The van der Waals surface area contributed by atoms with E-state index in [2.05, 4.69) is 45.8 Å². The quantitative estimate of drug-likeness (QED) is 0.738. The Hall–Kier alpha value is -0.940. The summed E-state index contributed by atoms with van der Waals surface area (Å²) in [6.45, 7) is 12.0. The van der Waals surface area contributed by atoms with E-state index in [1.54, 1.807) is 6.33 Å². The average molecular weight is 279 g/mol. The molecule has 20 heavy (non-hydrogen) atoms. The number of nitrogens with one attached hydrogen (secondary N) is 1. The number of rotatable bonds is 8. The summed E-state index contributed by atoms with van der Waals surface area (Å²) in [4.78, 5) is 7.01. The Bertz CT molecular complexity index is 387. The van der Waals surface area contributed by atoms with E-state index < -0.39 is 0 Å². The number of aromatic nitrogens is 3. The smallest absolute Gasteiger partial charge is 0.141 e. The summed E-state index contributed by atoms with van der Waals surface area (Å²) in [6, 6.07) is 0.658. The van der Waals surface area contributed by atoms with Gasteiger partial charge in [0.2, 0.25) is 0 Å². The molecule has 0 spiro atoms. The van der Waals surface area contributed by atoms with Gasteiger partial charge in [-0.25, -0.2) is 9.67 Å². The number of hydrogen-bond donors (Lipinski definition) is 1. The lowest BCUT2D eigenvalue weighted by Crippen LogP contribution is -2.38. The van der Waals surface area contributed by atoms with E-state index in [0.717, 1.165) is 32.0 Å². The highest BCUT2D eigenvalue weighted by atomic mass is 15.4. The summed E-state index contributed by atoms with van der Waals surface area (Å²) >= 11 is 0. The van der Waals surface area contributed by atoms with Crippen LogP contribution in [-0.2, 0) is 13.1 Å². The van der Waals surface area contributed by atoms with Gasteiger partial charge in [0.05, 0.1) is 6.54 Å². The molecule has 0 bridgehead atoms. The van der Waals surface area contributed by atoms with Crippen LogP contribution >= 0.6 is 0 Å². The molecule has 114 valence electrons. The van der Waals surface area contributed by atoms with Crippen molar-refractivity contribution in [3.63, 3.8) is 0 Å². The second-order valence-electron chi connectivity index (χ2n) is 6.22. The van der Waals surface area contributed by atoms with Gasteiger partial charge in [0, 0.05) is 19.1 Å². The second-order valence-corrected chi connectivity index (χ2v) is 6.22. The van der Waals surface area contributed by atoms with Gasteiger partial charge in [-0.15, -0.1) is 0 Å². The molecular formula is C15H29N5. The molecule has 0 radical (unpaired) electrons. The van der Waals surface area contributed by atoms with Crippen molar-refractivity contribution in [1.29, 1.82) is 0 Å². The van der Waals surface area contributed by atoms with Crippen LogP contribution in [0, 0.1) is 5.92 Å². The van der Waals surface area contributed by atoms with Gasteiger partial charge in [0.25, 0.3) is 0 Å². The number of hydrogen-bond acceptors (Lipinski definition) is 4. The Morgan fingerprint density at radius 1 is 1.45 bits per heavy atom. The summed E-state index contributed by atoms with van der Waals surface area (Å²) < 4.78 is 2.07. The summed E-state index contributed by atoms with van der Waals surface area (Å²) in [6.07, 6.45) is 5.50. The van der Waals surface area contributed by atoms with Gasteiger partial charge >= 0.3 is 0 Å². The summed E-state index contributed by atoms with van der Waals surface area (Å²) in [5, 5.41) is 7.91. The van der Waals surface area contributed by atoms with Crippen molar-refractivity contribution < 1.29 is 0 Å². The van der Waals surface area contributed by atoms with E-state index in [1.165, 1.54) is 25.8 Å². The molecule has 1 atom stereocenters. The van der Waals surface area contributed by atoms with Crippen LogP contribution in [0.4, 0.5) is 0 Å². The van der Waals surface area contributed by atoms with Crippen molar-refractivity contribution in [2.45, 2.75) is 59.2 Å². The van der Waals surface area contributed by atoms with E-state index in [1.807, 2.05) is 0 Å². The largest absolute Gasteiger partial charge is 0.315 e. The fourth-order valence-corrected chi connectivity index (χ4v) is 2.87. The Labute approximate surface area is 122 Å². The first kappa shape index (κ1) is 15.4. The zero-order chi connectivity index (χ0) is 14.4. The van der Waals surface area contributed by atoms with Crippen LogP contribution in [0.2, 0.25) is 0 Å². The third kappa shape index (κ3) is 4.28. The first-order valence-electron chi connectivity index (χ1n) is 8.02. The van der Waals surface area contributed by atoms with Crippen molar-refractivity contribution in [3.8, 4) is 0 Å². The minimum atomic E-state index is 0.607. The molecule has 1 N–H and O–H groups in total. The van der Waals surface area contributed by atoms with E-state index in [4.69, 9.17) is 0 Å². The molecule has 1 aromatic heterocycles. The maximum absolute atomic E-state index is 4.45. The maximum Gasteiger partial charge on any atom is 0.141 e. The minimum absolute atomic E-state index is 0.607. The summed E-state index contributed by atoms with van der Waals surface area (Å²) in [5.41, 5.74) is 0. The molecule has 2 rings (SSSR count). The second kappa shape index (κ2) is 7.74. The van der Waals surface area contributed by atoms with E-state index in [-0.39, 0.29) is 0 Å². The van der Waals surface area contributed by atoms with Gasteiger partial charge in [-0.1, -0.05) is 20.8 Å². The fraction of sp³-hybridized carbons (Fsp3) is 0.867. The van der Waals surface area contributed by atoms with Gasteiger partial charge in [-0.3, -0.25) is 4.90 Å². The van der Waals surface area contributed by atoms with Crippen LogP contribution in [0.3, 0.4) is 0 Å². The molecule has 0 saturated carbocycles. The molecule has 1 unspecified atom stereocenters. The van der Waals surface area contributed by atoms with Crippen molar-refractivity contribution in [3.05, 3.63) is 12.2 Å². The normalized spacial score (nSPS) is 20.1. The fourth-order valence-electron chi connectivity index (χ4n) is 2.87. The predicted molar refractivity (Wildman–Crippen MR) is 81.5 cm³/mol. The molecular weight excluding hydrogens is 250 g/mol. The number of likely N-dealkylation sites (tertiary alicyclic amines) is 1. The summed E-state index contributed by atoms with van der Waals surface area (Å²) in [5.74, 6) is 1.72. The Morgan fingerprint density at radius 3 is 3.05 bits per heavy atom. The van der Waals surface area contributed by atoms with Crippen LogP contribution < -0.4 is 5.32 Å². The maximum atomic E-state index is 4.45. The molecule has 2 heterocycles. The Balaban J connectivity index is 1.89. The zero-order valence-electron chi connectivity index (χ0n) is 13.2. The van der Waals surface area contributed by atoms with Gasteiger partial charge in [-0.2, -0.15) is 5.10 Å². The topological polar surface area (TPSA) is 46.0 Å². The lowest BCUT2D eigenvalue weighted by Gasteiger charge is -2.24. The molecule has 5 nitrogen and oxygen atoms in total. The summed E-state index contributed by atoms with van der Waals surface area (Å²) in [7, 11) is 0. The van der Waals surface area contributed by atoms with Crippen LogP contribution in [-0.4, -0.2) is 45.3 Å². The SMILES string of the molecule is CCCNCC1CCCN1Cc1ncnn1CC(C)C. The van der Waals surface area contributed by atoms with Crippen LogP contribution in [0.5, 0.6) is 0 Å². The van der Waals surface area contributed by atoms with Crippen molar-refractivity contribution in [2.75, 3.05) is 19.6 Å². The van der Waals surface area contributed by atoms with Crippen molar-refractivity contribution >= 4 is 0 Å². The molecule has 0 amide bonds. The monoisotopic (exact) mass is 279 g/mol. The third-order valence-electron chi connectivity index (χ3n) is 3.88. The van der Waals surface area contributed by atoms with Gasteiger partial charge < -0.3 is 5.32 Å². The van der Waals surface area contributed by atoms with E-state index in [0.29, 0.717) is 12.0 Å². The first-order valence-corrected chi connectivity index (χ1v) is 8.02. The van der Waals surface area contributed by atoms with Crippen LogP contribution in [0.25, 0.3) is 0 Å². The van der Waals surface area contributed by atoms with Crippen LogP contribution in [0.15, 0.2) is 6.33 Å². The third-order valence-corrected chi connectivity index (χ3v) is 3.88. The molecule has 1 aromatic rings. The molecule has 1 fully saturated rings. The molecule has 0 aliphatic carbocycles. The van der Waals surface area contributed by atoms with Crippen molar-refractivity contribution in [1.82, 2.24) is 25.0 Å².